The summed E-state index contributed by atoms with van der Waals surface area (Å²) >= 11 is 3.07. The molecule has 1 N–H and O–H groups in total. The van der Waals surface area contributed by atoms with Crippen LogP contribution in [0.15, 0.2) is 11.4 Å². The van der Waals surface area contributed by atoms with Gasteiger partial charge in [0, 0.05) is 10.3 Å². The van der Waals surface area contributed by atoms with E-state index < -0.39 is 0 Å². The molecule has 0 saturated heterocycles. The summed E-state index contributed by atoms with van der Waals surface area (Å²) in [7, 11) is 0. The average molecular weight is 294 g/mol. The van der Waals surface area contributed by atoms with E-state index in [1.807, 2.05) is 18.4 Å². The summed E-state index contributed by atoms with van der Waals surface area (Å²) in [6, 6.07) is 2.02. The molecule has 5 heteroatoms. The quantitative estimate of drug-likeness (QED) is 0.894. The zero-order chi connectivity index (χ0) is 13.8. The molecule has 0 unspecified atom stereocenters. The Morgan fingerprint density at radius 3 is 2.79 bits per heavy atom. The Hall–Kier alpha value is -1.20. The van der Waals surface area contributed by atoms with Crippen LogP contribution in [0, 0.1) is 6.92 Å². The van der Waals surface area contributed by atoms with Crippen molar-refractivity contribution in [3.63, 3.8) is 0 Å². The van der Waals surface area contributed by atoms with Crippen molar-refractivity contribution < 1.29 is 4.79 Å². The summed E-state index contributed by atoms with van der Waals surface area (Å²) in [6.07, 6.45) is 3.15. The molecule has 2 aromatic heterocycles. The van der Waals surface area contributed by atoms with E-state index in [9.17, 15) is 4.79 Å². The zero-order valence-electron chi connectivity index (χ0n) is 11.4. The number of nitrogens with one attached hydrogen (secondary N) is 1. The number of nitrogens with zero attached hydrogens (tertiary/aromatic N) is 1. The van der Waals surface area contributed by atoms with Crippen LogP contribution in [-0.4, -0.2) is 10.9 Å². The summed E-state index contributed by atoms with van der Waals surface area (Å²) in [5, 5.41) is 5.47. The van der Waals surface area contributed by atoms with E-state index in [0.29, 0.717) is 5.13 Å². The molecule has 102 valence electrons. The van der Waals surface area contributed by atoms with Gasteiger partial charge in [-0.05, 0) is 31.4 Å². The van der Waals surface area contributed by atoms with E-state index in [4.69, 9.17) is 0 Å². The van der Waals surface area contributed by atoms with Crippen molar-refractivity contribution in [1.82, 2.24) is 4.98 Å². The van der Waals surface area contributed by atoms with Crippen molar-refractivity contribution in [2.24, 2.45) is 0 Å². The maximum Gasteiger partial charge on any atom is 0.267 e. The molecule has 0 aromatic carbocycles. The van der Waals surface area contributed by atoms with Crippen molar-refractivity contribution in [3.05, 3.63) is 32.5 Å². The number of aryl methyl sites for hydroxylation is 3. The second-order valence-corrected chi connectivity index (χ2v) is 6.41. The molecule has 3 nitrogen and oxygen atoms in total. The molecular weight excluding hydrogens is 276 g/mol. The molecule has 1 amide bonds. The van der Waals surface area contributed by atoms with Gasteiger partial charge in [-0.1, -0.05) is 20.3 Å². The maximum atomic E-state index is 12.2. The molecule has 0 fully saturated rings. The van der Waals surface area contributed by atoms with Crippen molar-refractivity contribution in [2.45, 2.75) is 40.0 Å². The van der Waals surface area contributed by atoms with Gasteiger partial charge in [0.25, 0.3) is 5.91 Å². The number of carbonyl (C=O) groups excluding carboxylic acids is 1. The molecule has 2 aromatic rings. The first-order valence-electron chi connectivity index (χ1n) is 6.49. The highest BCUT2D eigenvalue weighted by atomic mass is 32.1. The standard InChI is InChI=1S/C14H18N2OS2/c1-4-6-11-10(5-2)7-12(19-11)13(17)16-14-15-9(3)8-18-14/h7-8H,4-6H2,1-3H3,(H,15,16,17). The van der Waals surface area contributed by atoms with E-state index in [2.05, 4.69) is 24.1 Å². The minimum atomic E-state index is -0.0450. The van der Waals surface area contributed by atoms with Crippen LogP contribution in [-0.2, 0) is 12.8 Å². The summed E-state index contributed by atoms with van der Waals surface area (Å²) < 4.78 is 0. The molecule has 0 spiro atoms. The van der Waals surface area contributed by atoms with Crippen molar-refractivity contribution in [3.8, 4) is 0 Å². The van der Waals surface area contributed by atoms with Crippen molar-refractivity contribution in [2.75, 3.05) is 5.32 Å². The minimum absolute atomic E-state index is 0.0450. The molecular formula is C14H18N2OS2. The van der Waals surface area contributed by atoms with Crippen LogP contribution in [0.2, 0.25) is 0 Å². The number of thiophene rings is 1. The Balaban J connectivity index is 2.14. The first kappa shape index (κ1) is 14.2. The number of carbonyl (C=O) groups is 1. The monoisotopic (exact) mass is 294 g/mol. The molecule has 2 rings (SSSR count). The third-order valence-corrected chi connectivity index (χ3v) is 4.93. The van der Waals surface area contributed by atoms with Crippen LogP contribution in [0.5, 0.6) is 0 Å². The van der Waals surface area contributed by atoms with Crippen molar-refractivity contribution in [1.29, 1.82) is 0 Å². The van der Waals surface area contributed by atoms with Gasteiger partial charge in [-0.15, -0.1) is 22.7 Å². The molecule has 2 heterocycles. The Morgan fingerprint density at radius 2 is 2.21 bits per heavy atom. The van der Waals surface area contributed by atoms with Gasteiger partial charge in [0.1, 0.15) is 0 Å². The molecule has 0 aliphatic heterocycles. The second kappa shape index (κ2) is 6.30. The van der Waals surface area contributed by atoms with Gasteiger partial charge < -0.3 is 0 Å². The fourth-order valence-electron chi connectivity index (χ4n) is 1.89. The van der Waals surface area contributed by atoms with Gasteiger partial charge in [0.05, 0.1) is 10.6 Å². The normalized spacial score (nSPS) is 10.7. The third-order valence-electron chi connectivity index (χ3n) is 2.82. The van der Waals surface area contributed by atoms with Gasteiger partial charge in [-0.2, -0.15) is 0 Å². The van der Waals surface area contributed by atoms with Crippen LogP contribution >= 0.6 is 22.7 Å². The van der Waals surface area contributed by atoms with Crippen LogP contribution in [0.1, 0.15) is 46.1 Å². The maximum absolute atomic E-state index is 12.2. The van der Waals surface area contributed by atoms with E-state index in [0.717, 1.165) is 29.8 Å². The summed E-state index contributed by atoms with van der Waals surface area (Å²) in [5.74, 6) is -0.0450. The molecule has 0 bridgehead atoms. The van der Waals surface area contributed by atoms with E-state index in [-0.39, 0.29) is 5.91 Å². The van der Waals surface area contributed by atoms with E-state index in [1.165, 1.54) is 21.8 Å². The highest BCUT2D eigenvalue weighted by Crippen LogP contribution is 2.26. The van der Waals surface area contributed by atoms with Gasteiger partial charge in [0.2, 0.25) is 0 Å². The first-order valence-corrected chi connectivity index (χ1v) is 8.18. The zero-order valence-corrected chi connectivity index (χ0v) is 13.1. The Kier molecular flexibility index (Phi) is 4.71. The fourth-order valence-corrected chi connectivity index (χ4v) is 3.82. The number of rotatable bonds is 5. The fraction of sp³-hybridized carbons (Fsp3) is 0.429. The lowest BCUT2D eigenvalue weighted by Gasteiger charge is -1.97. The van der Waals surface area contributed by atoms with Gasteiger partial charge in [-0.3, -0.25) is 10.1 Å². The highest BCUT2D eigenvalue weighted by Gasteiger charge is 2.14. The smallest absolute Gasteiger partial charge is 0.267 e. The summed E-state index contributed by atoms with van der Waals surface area (Å²) in [6.45, 7) is 6.22. The highest BCUT2D eigenvalue weighted by molar-refractivity contribution is 7.15. The van der Waals surface area contributed by atoms with Crippen molar-refractivity contribution >= 4 is 33.7 Å². The first-order chi connectivity index (χ1) is 9.13. The number of amides is 1. The molecule has 19 heavy (non-hydrogen) atoms. The van der Waals surface area contributed by atoms with Gasteiger partial charge in [0.15, 0.2) is 5.13 Å². The molecule has 0 aliphatic carbocycles. The SMILES string of the molecule is CCCc1sc(C(=O)Nc2nc(C)cs2)cc1CC. The third kappa shape index (κ3) is 3.42. The lowest BCUT2D eigenvalue weighted by molar-refractivity contribution is 0.103. The second-order valence-electron chi connectivity index (χ2n) is 4.41. The van der Waals surface area contributed by atoms with Gasteiger partial charge >= 0.3 is 0 Å². The van der Waals surface area contributed by atoms with Crippen LogP contribution < -0.4 is 5.32 Å². The minimum Gasteiger partial charge on any atom is -0.297 e. The van der Waals surface area contributed by atoms with Crippen LogP contribution in [0.3, 0.4) is 0 Å². The van der Waals surface area contributed by atoms with Gasteiger partial charge in [-0.25, -0.2) is 4.98 Å². The molecule has 0 aliphatic rings. The van der Waals surface area contributed by atoms with Crippen LogP contribution in [0.25, 0.3) is 0 Å². The number of thiazole rings is 1. The number of anilines is 1. The number of aromatic nitrogens is 1. The lowest BCUT2D eigenvalue weighted by atomic mass is 10.1. The predicted octanol–water partition coefficient (Wildman–Crippen LogP) is 4.28. The van der Waals surface area contributed by atoms with E-state index in [1.54, 1.807) is 11.3 Å². The Bertz CT molecular complexity index is 572. The van der Waals surface area contributed by atoms with Crippen LogP contribution in [0.4, 0.5) is 5.13 Å². The lowest BCUT2D eigenvalue weighted by Crippen LogP contribution is -2.09. The summed E-state index contributed by atoms with van der Waals surface area (Å²) in [4.78, 5) is 18.6. The number of hydrogen-bond acceptors (Lipinski definition) is 4. The van der Waals surface area contributed by atoms with E-state index >= 15 is 0 Å². The average Bonchev–Trinajstić information content (AvgIpc) is 2.96. The largest absolute Gasteiger partial charge is 0.297 e. The predicted molar refractivity (Wildman–Crippen MR) is 82.5 cm³/mol. The number of hydrogen-bond donors (Lipinski definition) is 1. The Labute approximate surface area is 121 Å². The molecule has 0 radical (unpaired) electrons. The molecule has 0 atom stereocenters. The topological polar surface area (TPSA) is 42.0 Å². The summed E-state index contributed by atoms with van der Waals surface area (Å²) in [5.41, 5.74) is 2.24. The molecule has 0 saturated carbocycles. The Morgan fingerprint density at radius 1 is 1.42 bits per heavy atom.